The Kier molecular flexibility index (Phi) is 6.61. The molecule has 0 radical (unpaired) electrons. The van der Waals surface area contributed by atoms with E-state index < -0.39 is 39.8 Å². The third-order valence-corrected chi connectivity index (χ3v) is 8.77. The summed E-state index contributed by atoms with van der Waals surface area (Å²) in [5, 5.41) is 0.0129. The Bertz CT molecular complexity index is 1780. The van der Waals surface area contributed by atoms with E-state index in [-0.39, 0.29) is 16.7 Å². The molecule has 6 rings (SSSR count). The molecule has 1 N–H and O–H groups in total. The molecule has 0 saturated carbocycles. The number of carbonyl (C=O) groups is 1. The first-order valence-electron chi connectivity index (χ1n) is 12.6. The first-order chi connectivity index (χ1) is 19.4. The molecular formula is C29H20ClF5N4OS. The number of imidazole rings is 1. The van der Waals surface area contributed by atoms with Crippen molar-refractivity contribution in [2.75, 3.05) is 6.54 Å². The number of H-pyrrole nitrogens is 1. The van der Waals surface area contributed by atoms with E-state index in [2.05, 4.69) is 15.0 Å². The number of benzene rings is 3. The largest absolute Gasteiger partial charge is 0.417 e. The standard InChI is InChI=1S/C29H20ClF5N4OS/c1-28(27-36-21-13-19(29(33,34)35)20(30)14-22(21)37-27)11-2-12-39(28)26(40)23-24(15-3-7-17(31)8-4-15)41-25(38-23)16-5-9-18(32)10-6-16/h3-10,13-14H,2,11-12H2,1H3,(H,36,37)/t28-/m0/s1. The number of nitrogens with one attached hydrogen (secondary N) is 1. The van der Waals surface area contributed by atoms with Crippen molar-refractivity contribution >= 4 is 39.9 Å². The van der Waals surface area contributed by atoms with Gasteiger partial charge in [0.05, 0.1) is 32.0 Å². The highest BCUT2D eigenvalue weighted by molar-refractivity contribution is 7.18. The van der Waals surface area contributed by atoms with Gasteiger partial charge in [0, 0.05) is 12.1 Å². The Morgan fingerprint density at radius 3 is 2.27 bits per heavy atom. The van der Waals surface area contributed by atoms with Gasteiger partial charge in [0.2, 0.25) is 0 Å². The molecule has 2 aromatic heterocycles. The zero-order valence-corrected chi connectivity index (χ0v) is 22.9. The Balaban J connectivity index is 1.43. The molecule has 1 amide bonds. The molecule has 3 heterocycles. The number of aromatic nitrogens is 3. The number of nitrogens with zero attached hydrogens (tertiary/aromatic N) is 3. The molecule has 1 fully saturated rings. The van der Waals surface area contributed by atoms with Gasteiger partial charge in [0.15, 0.2) is 0 Å². The number of hydrogen-bond donors (Lipinski definition) is 1. The Labute approximate surface area is 239 Å². The van der Waals surface area contributed by atoms with E-state index in [1.165, 1.54) is 35.6 Å². The molecule has 5 nitrogen and oxygen atoms in total. The van der Waals surface area contributed by atoms with Crippen LogP contribution in [0.15, 0.2) is 60.7 Å². The average molecular weight is 603 g/mol. The van der Waals surface area contributed by atoms with Gasteiger partial charge in [-0.05, 0) is 73.9 Å². The van der Waals surface area contributed by atoms with Crippen LogP contribution in [-0.2, 0) is 11.7 Å². The van der Waals surface area contributed by atoms with E-state index in [1.54, 1.807) is 36.1 Å². The van der Waals surface area contributed by atoms with Crippen LogP contribution in [0.5, 0.6) is 0 Å². The number of amides is 1. The lowest BCUT2D eigenvalue weighted by Crippen LogP contribution is -2.44. The first kappa shape index (κ1) is 27.3. The van der Waals surface area contributed by atoms with Gasteiger partial charge in [-0.25, -0.2) is 18.7 Å². The molecule has 3 aromatic carbocycles. The van der Waals surface area contributed by atoms with Crippen LogP contribution >= 0.6 is 22.9 Å². The van der Waals surface area contributed by atoms with E-state index in [4.69, 9.17) is 11.6 Å². The van der Waals surface area contributed by atoms with E-state index >= 15 is 0 Å². The van der Waals surface area contributed by atoms with Crippen LogP contribution in [0.25, 0.3) is 32.0 Å². The minimum absolute atomic E-state index is 0.132. The van der Waals surface area contributed by atoms with Gasteiger partial charge in [-0.15, -0.1) is 11.3 Å². The Morgan fingerprint density at radius 1 is 1.00 bits per heavy atom. The number of rotatable bonds is 4. The van der Waals surface area contributed by atoms with E-state index in [1.807, 2.05) is 0 Å². The minimum atomic E-state index is -4.64. The third-order valence-electron chi connectivity index (χ3n) is 7.30. The lowest BCUT2D eigenvalue weighted by molar-refractivity contribution is -0.137. The van der Waals surface area contributed by atoms with Crippen LogP contribution < -0.4 is 0 Å². The van der Waals surface area contributed by atoms with Gasteiger partial charge in [0.25, 0.3) is 5.91 Å². The monoisotopic (exact) mass is 602 g/mol. The third kappa shape index (κ3) is 4.87. The Hall–Kier alpha value is -3.83. The van der Waals surface area contributed by atoms with E-state index in [9.17, 15) is 26.7 Å². The van der Waals surface area contributed by atoms with Crippen LogP contribution in [0.1, 0.15) is 41.6 Å². The van der Waals surface area contributed by atoms with Gasteiger partial charge in [-0.1, -0.05) is 23.7 Å². The summed E-state index contributed by atoms with van der Waals surface area (Å²) in [6, 6.07) is 13.5. The zero-order chi connectivity index (χ0) is 29.1. The number of hydrogen-bond acceptors (Lipinski definition) is 4. The number of aromatic amines is 1. The number of fused-ring (bicyclic) bond motifs is 1. The summed E-state index contributed by atoms with van der Waals surface area (Å²) in [5.74, 6) is -0.937. The van der Waals surface area contributed by atoms with Crippen LogP contribution in [0.4, 0.5) is 22.0 Å². The van der Waals surface area contributed by atoms with Gasteiger partial charge in [-0.2, -0.15) is 13.2 Å². The van der Waals surface area contributed by atoms with Crippen molar-refractivity contribution in [3.8, 4) is 21.0 Å². The van der Waals surface area contributed by atoms with Crippen molar-refractivity contribution in [2.45, 2.75) is 31.5 Å². The molecule has 0 aliphatic carbocycles. The van der Waals surface area contributed by atoms with Crippen LogP contribution in [0.2, 0.25) is 5.02 Å². The second-order valence-corrected chi connectivity index (χ2v) is 11.4. The highest BCUT2D eigenvalue weighted by Gasteiger charge is 2.45. The molecule has 1 aliphatic rings. The summed E-state index contributed by atoms with van der Waals surface area (Å²) in [4.78, 5) is 28.4. The molecule has 41 heavy (non-hydrogen) atoms. The van der Waals surface area contributed by atoms with E-state index in [0.717, 1.165) is 12.1 Å². The number of carbonyl (C=O) groups excluding carboxylic acids is 1. The second-order valence-electron chi connectivity index (χ2n) is 9.98. The van der Waals surface area contributed by atoms with Crippen molar-refractivity contribution in [3.63, 3.8) is 0 Å². The normalized spacial score (nSPS) is 17.5. The lowest BCUT2D eigenvalue weighted by atomic mass is 9.97. The molecule has 1 aliphatic heterocycles. The van der Waals surface area contributed by atoms with Crippen molar-refractivity contribution in [3.05, 3.63) is 94.4 Å². The van der Waals surface area contributed by atoms with Gasteiger partial charge in [0.1, 0.15) is 28.2 Å². The van der Waals surface area contributed by atoms with Gasteiger partial charge in [-0.3, -0.25) is 4.79 Å². The summed E-state index contributed by atoms with van der Waals surface area (Å²) < 4.78 is 67.6. The predicted molar refractivity (Wildman–Crippen MR) is 147 cm³/mol. The van der Waals surface area contributed by atoms with Crippen molar-refractivity contribution in [2.24, 2.45) is 0 Å². The quantitative estimate of drug-likeness (QED) is 0.210. The fourth-order valence-corrected chi connectivity index (χ4v) is 6.48. The maximum absolute atomic E-state index is 14.2. The van der Waals surface area contributed by atoms with Crippen LogP contribution in [-0.4, -0.2) is 32.3 Å². The van der Waals surface area contributed by atoms with Crippen molar-refractivity contribution < 1.29 is 26.7 Å². The first-order valence-corrected chi connectivity index (χ1v) is 13.7. The molecular weight excluding hydrogens is 583 g/mol. The molecule has 0 unspecified atom stereocenters. The number of halogens is 6. The molecule has 1 saturated heterocycles. The number of thiazole rings is 1. The number of alkyl halides is 3. The highest BCUT2D eigenvalue weighted by Crippen LogP contribution is 2.43. The molecule has 1 atom stereocenters. The summed E-state index contributed by atoms with van der Waals surface area (Å²) >= 11 is 7.13. The van der Waals surface area contributed by atoms with Crippen molar-refractivity contribution in [1.29, 1.82) is 0 Å². The van der Waals surface area contributed by atoms with Gasteiger partial charge < -0.3 is 9.88 Å². The molecule has 0 bridgehead atoms. The van der Waals surface area contributed by atoms with Gasteiger partial charge >= 0.3 is 6.18 Å². The number of likely N-dealkylation sites (tertiary alicyclic amines) is 1. The van der Waals surface area contributed by atoms with Crippen LogP contribution in [0, 0.1) is 11.6 Å². The average Bonchev–Trinajstić information content (AvgIpc) is 3.65. The minimum Gasteiger partial charge on any atom is -0.340 e. The summed E-state index contributed by atoms with van der Waals surface area (Å²) in [6.45, 7) is 2.15. The zero-order valence-electron chi connectivity index (χ0n) is 21.3. The fraction of sp³-hybridized carbons (Fsp3) is 0.207. The topological polar surface area (TPSA) is 61.9 Å². The molecule has 5 aromatic rings. The smallest absolute Gasteiger partial charge is 0.340 e. The van der Waals surface area contributed by atoms with Crippen LogP contribution in [0.3, 0.4) is 0 Å². The van der Waals surface area contributed by atoms with E-state index in [0.29, 0.717) is 46.2 Å². The Morgan fingerprint density at radius 2 is 1.63 bits per heavy atom. The second kappa shape index (κ2) is 9.92. The highest BCUT2D eigenvalue weighted by atomic mass is 35.5. The molecule has 210 valence electrons. The maximum atomic E-state index is 14.2. The SMILES string of the molecule is C[C@@]1(c2nc3cc(Cl)c(C(F)(F)F)cc3[nH]2)CCCN1C(=O)c1nc(-c2ccc(F)cc2)sc1-c1ccc(F)cc1. The predicted octanol–water partition coefficient (Wildman–Crippen LogP) is 8.46. The lowest BCUT2D eigenvalue weighted by Gasteiger charge is -2.33. The van der Waals surface area contributed by atoms with Crippen molar-refractivity contribution in [1.82, 2.24) is 19.9 Å². The summed E-state index contributed by atoms with van der Waals surface area (Å²) in [6.07, 6.45) is -3.52. The fourth-order valence-electron chi connectivity index (χ4n) is 5.14. The molecule has 0 spiro atoms. The maximum Gasteiger partial charge on any atom is 0.417 e. The summed E-state index contributed by atoms with van der Waals surface area (Å²) in [7, 11) is 0. The molecule has 12 heteroatoms. The summed E-state index contributed by atoms with van der Waals surface area (Å²) in [5.41, 5.74) is -0.245.